The molecule has 0 aromatic carbocycles. The van der Waals surface area contributed by atoms with E-state index in [9.17, 15) is 19.0 Å². The van der Waals surface area contributed by atoms with Crippen LogP contribution in [-0.4, -0.2) is 74.3 Å². The molecule has 0 aliphatic heterocycles. The van der Waals surface area contributed by atoms with Gasteiger partial charge in [-0.1, -0.05) is 269 Å². The van der Waals surface area contributed by atoms with E-state index in [1.165, 1.54) is 186 Å². The van der Waals surface area contributed by atoms with Gasteiger partial charge in [0.2, 0.25) is 5.91 Å². The van der Waals surface area contributed by atoms with Gasteiger partial charge in [-0.25, -0.2) is 4.57 Å². The minimum Gasteiger partial charge on any atom is -0.456 e. The summed E-state index contributed by atoms with van der Waals surface area (Å²) in [4.78, 5) is 37.7. The molecule has 0 radical (unpaired) electrons. The molecule has 0 saturated carbocycles. The Bertz CT molecular complexity index is 1420. The molecular weight excluding hydrogens is 952 g/mol. The molecule has 3 unspecified atom stereocenters. The summed E-state index contributed by atoms with van der Waals surface area (Å²) in [6, 6.07) is -0.850. The molecule has 0 heterocycles. The molecule has 10 heteroatoms. The van der Waals surface area contributed by atoms with Crippen molar-refractivity contribution < 1.29 is 37.3 Å². The number of amides is 1. The summed E-state index contributed by atoms with van der Waals surface area (Å²) in [6.45, 7) is 7.01. The SMILES string of the molecule is CCCCC/C=C\C/C=C\C/C=C\CCCCCCCCCCC(=O)NC(COP(=O)(O)OCC[N+](C)(C)C)C(/C=C/CCCCCCCCCCC)OC(=O)CCCCCCCCCCCCCCCCCCC. The Morgan fingerprint density at radius 3 is 1.24 bits per heavy atom. The number of carbonyl (C=O) groups is 2. The van der Waals surface area contributed by atoms with Gasteiger partial charge >= 0.3 is 13.8 Å². The summed E-state index contributed by atoms with van der Waals surface area (Å²) in [5.41, 5.74) is 0. The lowest BCUT2D eigenvalue weighted by Crippen LogP contribution is -2.47. The zero-order valence-electron chi connectivity index (χ0n) is 50.3. The molecule has 2 N–H and O–H groups in total. The number of unbranched alkanes of at least 4 members (excludes halogenated alkanes) is 36. The van der Waals surface area contributed by atoms with Crippen molar-refractivity contribution in [1.82, 2.24) is 5.32 Å². The molecule has 0 aromatic rings. The zero-order valence-corrected chi connectivity index (χ0v) is 51.2. The average Bonchev–Trinajstić information content (AvgIpc) is 3.37. The Kier molecular flexibility index (Phi) is 53.8. The molecule has 3 atom stereocenters. The monoisotopic (exact) mass is 1080 g/mol. The van der Waals surface area contributed by atoms with Gasteiger partial charge in [0.25, 0.3) is 0 Å². The topological polar surface area (TPSA) is 111 Å². The van der Waals surface area contributed by atoms with E-state index in [2.05, 4.69) is 62.5 Å². The van der Waals surface area contributed by atoms with Crippen LogP contribution in [0.15, 0.2) is 48.6 Å². The Hall–Kier alpha value is -2.03. The lowest BCUT2D eigenvalue weighted by atomic mass is 10.0. The van der Waals surface area contributed by atoms with E-state index < -0.39 is 20.0 Å². The van der Waals surface area contributed by atoms with Crippen LogP contribution in [0, 0.1) is 0 Å². The van der Waals surface area contributed by atoms with Gasteiger partial charge in [0, 0.05) is 12.8 Å². The third-order valence-corrected chi connectivity index (χ3v) is 15.3. The van der Waals surface area contributed by atoms with Crippen LogP contribution in [0.5, 0.6) is 0 Å². The number of ether oxygens (including phenoxy) is 1. The highest BCUT2D eigenvalue weighted by Gasteiger charge is 2.30. The third kappa shape index (κ3) is 56.5. The number of allylic oxidation sites excluding steroid dienone is 7. The summed E-state index contributed by atoms with van der Waals surface area (Å²) < 4.78 is 30.7. The van der Waals surface area contributed by atoms with E-state index in [-0.39, 0.29) is 25.1 Å². The quantitative estimate of drug-likeness (QED) is 0.0205. The van der Waals surface area contributed by atoms with Crippen LogP contribution < -0.4 is 5.32 Å². The number of likely N-dealkylation sites (N-methyl/N-ethyl adjacent to an activating group) is 1. The van der Waals surface area contributed by atoms with E-state index in [1.807, 2.05) is 33.3 Å². The first-order chi connectivity index (χ1) is 36.4. The number of esters is 1. The minimum absolute atomic E-state index is 0.0397. The van der Waals surface area contributed by atoms with Crippen molar-refractivity contribution in [3.05, 3.63) is 48.6 Å². The maximum Gasteiger partial charge on any atom is 0.472 e. The fourth-order valence-electron chi connectivity index (χ4n) is 9.30. The number of nitrogens with one attached hydrogen (secondary N) is 1. The Balaban J connectivity index is 5.17. The molecule has 0 saturated heterocycles. The Morgan fingerprint density at radius 1 is 0.467 bits per heavy atom. The Morgan fingerprint density at radius 2 is 0.813 bits per heavy atom. The van der Waals surface area contributed by atoms with Gasteiger partial charge in [0.05, 0.1) is 33.8 Å². The Labute approximate surface area is 465 Å². The van der Waals surface area contributed by atoms with Crippen molar-refractivity contribution >= 4 is 19.7 Å². The predicted octanol–water partition coefficient (Wildman–Crippen LogP) is 19.7. The number of hydrogen-bond acceptors (Lipinski definition) is 6. The average molecular weight is 1080 g/mol. The zero-order chi connectivity index (χ0) is 55.0. The van der Waals surface area contributed by atoms with Crippen molar-refractivity contribution in [1.29, 1.82) is 0 Å². The molecule has 0 rings (SSSR count). The van der Waals surface area contributed by atoms with E-state index in [4.69, 9.17) is 13.8 Å². The molecule has 0 aromatic heterocycles. The van der Waals surface area contributed by atoms with E-state index in [0.29, 0.717) is 23.9 Å². The van der Waals surface area contributed by atoms with Crippen LogP contribution in [-0.2, 0) is 27.9 Å². The highest BCUT2D eigenvalue weighted by atomic mass is 31.2. The molecule has 440 valence electrons. The molecule has 75 heavy (non-hydrogen) atoms. The van der Waals surface area contributed by atoms with Crippen molar-refractivity contribution in [3.63, 3.8) is 0 Å². The van der Waals surface area contributed by atoms with Gasteiger partial charge in [-0.3, -0.25) is 18.6 Å². The second-order valence-electron chi connectivity index (χ2n) is 22.9. The normalized spacial score (nSPS) is 14.0. The maximum absolute atomic E-state index is 13.5. The maximum atomic E-state index is 13.5. The minimum atomic E-state index is -4.45. The van der Waals surface area contributed by atoms with Gasteiger partial charge in [0.15, 0.2) is 0 Å². The summed E-state index contributed by atoms with van der Waals surface area (Å²) in [7, 11) is 1.50. The molecule has 0 aliphatic carbocycles. The summed E-state index contributed by atoms with van der Waals surface area (Å²) in [5.74, 6) is -0.502. The van der Waals surface area contributed by atoms with E-state index in [0.717, 1.165) is 83.5 Å². The van der Waals surface area contributed by atoms with E-state index in [1.54, 1.807) is 0 Å². The van der Waals surface area contributed by atoms with Crippen LogP contribution in [0.4, 0.5) is 0 Å². The molecule has 0 bridgehead atoms. The van der Waals surface area contributed by atoms with Crippen molar-refractivity contribution in [2.75, 3.05) is 40.9 Å². The van der Waals surface area contributed by atoms with Gasteiger partial charge in [-0.2, -0.15) is 0 Å². The predicted molar refractivity (Wildman–Crippen MR) is 323 cm³/mol. The van der Waals surface area contributed by atoms with Gasteiger partial charge < -0.3 is 19.4 Å². The highest BCUT2D eigenvalue weighted by molar-refractivity contribution is 7.47. The van der Waals surface area contributed by atoms with Crippen molar-refractivity contribution in [2.45, 2.75) is 315 Å². The number of nitrogens with zero attached hydrogens (tertiary/aromatic N) is 1. The van der Waals surface area contributed by atoms with E-state index >= 15 is 0 Å². The standard InChI is InChI=1S/C65H123N2O7P/c1-7-10-13-16-19-22-25-27-29-31-32-33-34-36-37-39-42-45-48-51-54-57-64(68)66-62(61-73-75(70,71)72-60-59-67(4,5)6)63(56-53-50-47-44-41-24-21-18-15-12-9-3)74-65(69)58-55-52-49-46-43-40-38-35-30-28-26-23-20-17-14-11-8-2/h19,22,27,29,32-33,53,56,62-63H,7-18,20-21,23-26,28,30-31,34-52,54-55,57-61H2,1-6H3,(H-,66,68,70,71)/p+1/b22-19-,29-27-,33-32-,56-53+. The summed E-state index contributed by atoms with van der Waals surface area (Å²) in [5, 5.41) is 3.06. The largest absolute Gasteiger partial charge is 0.472 e. The highest BCUT2D eigenvalue weighted by Crippen LogP contribution is 2.43. The number of rotatable bonds is 58. The van der Waals surface area contributed by atoms with Crippen LogP contribution >= 0.6 is 7.82 Å². The number of hydrogen-bond donors (Lipinski definition) is 2. The fourth-order valence-corrected chi connectivity index (χ4v) is 10.0. The molecule has 9 nitrogen and oxygen atoms in total. The van der Waals surface area contributed by atoms with Crippen molar-refractivity contribution in [3.8, 4) is 0 Å². The first-order valence-corrected chi connectivity index (χ1v) is 33.5. The van der Waals surface area contributed by atoms with Gasteiger partial charge in [0.1, 0.15) is 19.3 Å². The van der Waals surface area contributed by atoms with Gasteiger partial charge in [-0.05, 0) is 70.3 Å². The van der Waals surface area contributed by atoms with Crippen LogP contribution in [0.1, 0.15) is 303 Å². The number of carbonyl (C=O) groups excluding carboxylic acids is 2. The molecule has 0 fully saturated rings. The second kappa shape index (κ2) is 55.3. The van der Waals surface area contributed by atoms with Crippen molar-refractivity contribution in [2.24, 2.45) is 0 Å². The molecular formula is C65H124N2O7P+. The molecule has 0 aliphatic rings. The third-order valence-electron chi connectivity index (χ3n) is 14.3. The second-order valence-corrected chi connectivity index (χ2v) is 24.4. The number of phosphoric ester groups is 1. The van der Waals surface area contributed by atoms with Crippen LogP contribution in [0.2, 0.25) is 0 Å². The smallest absolute Gasteiger partial charge is 0.456 e. The van der Waals surface area contributed by atoms with Crippen LogP contribution in [0.25, 0.3) is 0 Å². The van der Waals surface area contributed by atoms with Crippen LogP contribution in [0.3, 0.4) is 0 Å². The number of quaternary nitrogens is 1. The lowest BCUT2D eigenvalue weighted by Gasteiger charge is -2.27. The summed E-state index contributed by atoms with van der Waals surface area (Å²) >= 11 is 0. The van der Waals surface area contributed by atoms with Gasteiger partial charge in [-0.15, -0.1) is 0 Å². The fraction of sp³-hybridized carbons (Fsp3) is 0.846. The summed E-state index contributed by atoms with van der Waals surface area (Å²) in [6.07, 6.45) is 68.2. The first-order valence-electron chi connectivity index (χ1n) is 32.0. The molecule has 1 amide bonds. The molecule has 0 spiro atoms. The lowest BCUT2D eigenvalue weighted by molar-refractivity contribution is -0.870. The first kappa shape index (κ1) is 73.0. The number of phosphoric acid groups is 1.